The third-order valence-corrected chi connectivity index (χ3v) is 0.874. The molecule has 0 aliphatic rings. The molecule has 0 heterocycles. The molecule has 13 heavy (non-hydrogen) atoms. The van der Waals surface area contributed by atoms with E-state index in [0.717, 1.165) is 0 Å². The number of hydroxylamine groups is 1. The number of carbonyl (C=O) groups excluding carboxylic acids is 2. The zero-order valence-electron chi connectivity index (χ0n) is 8.01. The molecule has 0 atom stereocenters. The van der Waals surface area contributed by atoms with Crippen LogP contribution in [0.3, 0.4) is 0 Å². The van der Waals surface area contributed by atoms with Gasteiger partial charge in [0.2, 0.25) is 5.91 Å². The van der Waals surface area contributed by atoms with Crippen LogP contribution < -0.4 is 16.5 Å². The monoisotopic (exact) mass is 189 g/mol. The van der Waals surface area contributed by atoms with Gasteiger partial charge in [-0.15, -0.1) is 0 Å². The minimum absolute atomic E-state index is 0.111. The molecule has 0 rings (SSSR count). The van der Waals surface area contributed by atoms with Crippen LogP contribution in [0.4, 0.5) is 4.79 Å². The smallest absolute Gasteiger partial charge is 0.318 e. The maximum atomic E-state index is 10.8. The van der Waals surface area contributed by atoms with Crippen LogP contribution in [-0.2, 0) is 9.63 Å². The summed E-state index contributed by atoms with van der Waals surface area (Å²) in [7, 11) is 0. The first-order valence-corrected chi connectivity index (χ1v) is 3.81. The molecule has 6 heteroatoms. The van der Waals surface area contributed by atoms with Gasteiger partial charge < -0.3 is 5.73 Å². The zero-order valence-corrected chi connectivity index (χ0v) is 8.01. The molecule has 0 radical (unpaired) electrons. The van der Waals surface area contributed by atoms with E-state index in [1.54, 1.807) is 0 Å². The van der Waals surface area contributed by atoms with Gasteiger partial charge >= 0.3 is 6.03 Å². The average Bonchev–Trinajstić information content (AvgIpc) is 1.81. The van der Waals surface area contributed by atoms with Gasteiger partial charge in [0.25, 0.3) is 0 Å². The van der Waals surface area contributed by atoms with Gasteiger partial charge in [-0.2, -0.15) is 5.48 Å². The highest BCUT2D eigenvalue weighted by atomic mass is 16.7. The maximum Gasteiger partial charge on any atom is 0.318 e. The summed E-state index contributed by atoms with van der Waals surface area (Å²) in [6.07, 6.45) is 0. The number of nitrogens with two attached hydrogens (primary N) is 1. The number of carbonyl (C=O) groups is 2. The SMILES string of the molecule is CC(C)(C)ONCC(=O)NC(N)=O. The first kappa shape index (κ1) is 11.9. The van der Waals surface area contributed by atoms with Crippen LogP contribution in [0.25, 0.3) is 0 Å². The van der Waals surface area contributed by atoms with E-state index in [1.165, 1.54) is 0 Å². The van der Waals surface area contributed by atoms with E-state index in [0.29, 0.717) is 0 Å². The zero-order chi connectivity index (χ0) is 10.5. The summed E-state index contributed by atoms with van der Waals surface area (Å²) >= 11 is 0. The number of primary amides is 1. The lowest BCUT2D eigenvalue weighted by atomic mass is 10.2. The normalized spacial score (nSPS) is 11.0. The first-order valence-electron chi connectivity index (χ1n) is 3.81. The largest absolute Gasteiger partial charge is 0.351 e. The fraction of sp³-hybridized carbons (Fsp3) is 0.714. The standard InChI is InChI=1S/C7H15N3O3/c1-7(2,3)13-9-4-5(11)10-6(8)12/h9H,4H2,1-3H3,(H3,8,10,11,12). The molecule has 0 fully saturated rings. The van der Waals surface area contributed by atoms with Crippen LogP contribution >= 0.6 is 0 Å². The van der Waals surface area contributed by atoms with Crippen molar-refractivity contribution in [2.45, 2.75) is 26.4 Å². The molecular formula is C7H15N3O3. The Morgan fingerprint density at radius 3 is 2.31 bits per heavy atom. The highest BCUT2D eigenvalue weighted by molar-refractivity contribution is 5.94. The van der Waals surface area contributed by atoms with Gasteiger partial charge in [0.15, 0.2) is 0 Å². The molecule has 0 saturated heterocycles. The highest BCUT2D eigenvalue weighted by Gasteiger charge is 2.11. The van der Waals surface area contributed by atoms with Crippen LogP contribution in [0.2, 0.25) is 0 Å². The van der Waals surface area contributed by atoms with Gasteiger partial charge in [-0.1, -0.05) is 0 Å². The Morgan fingerprint density at radius 1 is 1.38 bits per heavy atom. The Bertz CT molecular complexity index is 198. The molecule has 0 aromatic rings. The second-order valence-electron chi connectivity index (χ2n) is 3.45. The van der Waals surface area contributed by atoms with E-state index in [2.05, 4.69) is 5.48 Å². The van der Waals surface area contributed by atoms with Crippen molar-refractivity contribution in [3.05, 3.63) is 0 Å². The van der Waals surface area contributed by atoms with Crippen LogP contribution in [0, 0.1) is 0 Å². The van der Waals surface area contributed by atoms with Crippen molar-refractivity contribution in [1.82, 2.24) is 10.8 Å². The Kier molecular flexibility index (Phi) is 4.36. The lowest BCUT2D eigenvalue weighted by molar-refractivity contribution is -0.126. The van der Waals surface area contributed by atoms with E-state index in [9.17, 15) is 9.59 Å². The average molecular weight is 189 g/mol. The van der Waals surface area contributed by atoms with Crippen molar-refractivity contribution in [2.24, 2.45) is 5.73 Å². The number of hydrogen-bond donors (Lipinski definition) is 3. The van der Waals surface area contributed by atoms with Crippen molar-refractivity contribution in [3.8, 4) is 0 Å². The van der Waals surface area contributed by atoms with Crippen LogP contribution in [0.5, 0.6) is 0 Å². The topological polar surface area (TPSA) is 93.4 Å². The van der Waals surface area contributed by atoms with Gasteiger partial charge in [-0.3, -0.25) is 14.9 Å². The molecule has 0 saturated carbocycles. The maximum absolute atomic E-state index is 10.8. The molecule has 0 aromatic carbocycles. The van der Waals surface area contributed by atoms with Gasteiger partial charge in [-0.25, -0.2) is 4.79 Å². The van der Waals surface area contributed by atoms with E-state index in [1.807, 2.05) is 26.1 Å². The van der Waals surface area contributed by atoms with E-state index >= 15 is 0 Å². The van der Waals surface area contributed by atoms with E-state index in [-0.39, 0.29) is 12.1 Å². The van der Waals surface area contributed by atoms with Crippen molar-refractivity contribution < 1.29 is 14.4 Å². The van der Waals surface area contributed by atoms with Gasteiger partial charge in [-0.05, 0) is 20.8 Å². The molecule has 0 spiro atoms. The Balaban J connectivity index is 3.54. The lowest BCUT2D eigenvalue weighted by Crippen LogP contribution is -2.42. The third kappa shape index (κ3) is 8.77. The summed E-state index contributed by atoms with van der Waals surface area (Å²) in [5.74, 6) is -0.531. The molecule has 0 aliphatic carbocycles. The molecule has 76 valence electrons. The number of imide groups is 1. The fourth-order valence-electron chi connectivity index (χ4n) is 0.500. The Morgan fingerprint density at radius 2 is 1.92 bits per heavy atom. The third-order valence-electron chi connectivity index (χ3n) is 0.874. The van der Waals surface area contributed by atoms with Crippen molar-refractivity contribution >= 4 is 11.9 Å². The second-order valence-corrected chi connectivity index (χ2v) is 3.45. The number of urea groups is 1. The van der Waals surface area contributed by atoms with Crippen molar-refractivity contribution in [2.75, 3.05) is 6.54 Å². The summed E-state index contributed by atoms with van der Waals surface area (Å²) < 4.78 is 0. The minimum Gasteiger partial charge on any atom is -0.351 e. The molecule has 0 unspecified atom stereocenters. The molecule has 0 aliphatic heterocycles. The molecule has 4 N–H and O–H groups in total. The van der Waals surface area contributed by atoms with Crippen molar-refractivity contribution in [1.29, 1.82) is 0 Å². The summed E-state index contributed by atoms with van der Waals surface area (Å²) in [6, 6.07) is -0.873. The molecule has 0 aromatic heterocycles. The number of amides is 3. The first-order chi connectivity index (χ1) is 5.81. The molecule has 6 nitrogen and oxygen atoms in total. The van der Waals surface area contributed by atoms with E-state index < -0.39 is 11.9 Å². The van der Waals surface area contributed by atoms with Gasteiger partial charge in [0.1, 0.15) is 6.54 Å². The predicted molar refractivity (Wildman–Crippen MR) is 46.6 cm³/mol. The Labute approximate surface area is 76.8 Å². The van der Waals surface area contributed by atoms with Crippen LogP contribution in [0.15, 0.2) is 0 Å². The summed E-state index contributed by atoms with van der Waals surface area (Å²) in [5.41, 5.74) is 6.74. The number of rotatable bonds is 3. The number of hydrogen-bond acceptors (Lipinski definition) is 4. The van der Waals surface area contributed by atoms with Crippen molar-refractivity contribution in [3.63, 3.8) is 0 Å². The molecular weight excluding hydrogens is 174 g/mol. The predicted octanol–water partition coefficient (Wildman–Crippen LogP) is -0.499. The lowest BCUT2D eigenvalue weighted by Gasteiger charge is -2.18. The fourth-order valence-corrected chi connectivity index (χ4v) is 0.500. The van der Waals surface area contributed by atoms with Crippen LogP contribution in [-0.4, -0.2) is 24.1 Å². The highest BCUT2D eigenvalue weighted by Crippen LogP contribution is 2.02. The summed E-state index contributed by atoms with van der Waals surface area (Å²) in [6.45, 7) is 5.37. The summed E-state index contributed by atoms with van der Waals surface area (Å²) in [5, 5.41) is 1.89. The Hall–Kier alpha value is -1.14. The van der Waals surface area contributed by atoms with E-state index in [4.69, 9.17) is 10.6 Å². The second kappa shape index (κ2) is 4.78. The molecule has 0 bridgehead atoms. The number of nitrogens with one attached hydrogen (secondary N) is 2. The molecule has 3 amide bonds. The summed E-state index contributed by atoms with van der Waals surface area (Å²) in [4.78, 5) is 26.0. The quantitative estimate of drug-likeness (QED) is 0.522. The van der Waals surface area contributed by atoms with Gasteiger partial charge in [0.05, 0.1) is 5.60 Å². The van der Waals surface area contributed by atoms with Gasteiger partial charge in [0, 0.05) is 0 Å². The minimum atomic E-state index is -0.873. The van der Waals surface area contributed by atoms with Crippen LogP contribution in [0.1, 0.15) is 20.8 Å².